The molecule has 0 aliphatic carbocycles. The highest BCUT2D eigenvalue weighted by Gasteiger charge is 2.03. The number of benzene rings is 2. The molecule has 3 heteroatoms. The van der Waals surface area contributed by atoms with Crippen LogP contribution in [0.2, 0.25) is 0 Å². The van der Waals surface area contributed by atoms with Crippen LogP contribution in [0.15, 0.2) is 54.6 Å². The van der Waals surface area contributed by atoms with Gasteiger partial charge in [-0.3, -0.25) is 0 Å². The van der Waals surface area contributed by atoms with Crippen LogP contribution in [0.3, 0.4) is 0 Å². The van der Waals surface area contributed by atoms with E-state index < -0.39 is 6.09 Å². The first kappa shape index (κ1) is 12.2. The molecule has 1 amide bonds. The monoisotopic (exact) mass is 241 g/mol. The van der Waals surface area contributed by atoms with E-state index in [-0.39, 0.29) is 0 Å². The van der Waals surface area contributed by atoms with Crippen LogP contribution in [-0.4, -0.2) is 6.09 Å². The van der Waals surface area contributed by atoms with E-state index in [1.54, 1.807) is 12.1 Å². The summed E-state index contributed by atoms with van der Waals surface area (Å²) in [4.78, 5) is 11.5. The maximum Gasteiger partial charge on any atom is 0.412 e. The van der Waals surface area contributed by atoms with E-state index in [9.17, 15) is 4.79 Å². The summed E-state index contributed by atoms with van der Waals surface area (Å²) in [5, 5.41) is 2.71. The van der Waals surface area contributed by atoms with Gasteiger partial charge in [-0.25, -0.2) is 4.79 Å². The van der Waals surface area contributed by atoms with Crippen LogP contribution in [0, 0.1) is 6.92 Å². The number of rotatable bonds is 3. The van der Waals surface area contributed by atoms with E-state index >= 15 is 0 Å². The number of hydrogen-bond donors (Lipinski definition) is 1. The predicted molar refractivity (Wildman–Crippen MR) is 70.5 cm³/mol. The predicted octanol–water partition coefficient (Wildman–Crippen LogP) is 3.28. The highest BCUT2D eigenvalue weighted by atomic mass is 16.5. The first-order valence-corrected chi connectivity index (χ1v) is 5.80. The molecular weight excluding hydrogens is 226 g/mol. The summed E-state index contributed by atoms with van der Waals surface area (Å²) in [5.41, 5.74) is 2.23. The molecule has 0 radical (unpaired) electrons. The minimum Gasteiger partial charge on any atom is -0.410 e. The van der Waals surface area contributed by atoms with E-state index in [4.69, 9.17) is 4.74 Å². The maximum atomic E-state index is 11.5. The zero-order chi connectivity index (χ0) is 12.8. The second-order valence-corrected chi connectivity index (χ2v) is 4.05. The number of carbonyl (C=O) groups is 1. The molecule has 92 valence electrons. The summed E-state index contributed by atoms with van der Waals surface area (Å²) in [6, 6.07) is 17.0. The van der Waals surface area contributed by atoms with E-state index in [2.05, 4.69) is 5.32 Å². The minimum atomic E-state index is -0.442. The van der Waals surface area contributed by atoms with Gasteiger partial charge < -0.3 is 10.1 Å². The van der Waals surface area contributed by atoms with Gasteiger partial charge >= 0.3 is 6.09 Å². The van der Waals surface area contributed by atoms with Crippen molar-refractivity contribution in [2.75, 3.05) is 0 Å². The Morgan fingerprint density at radius 2 is 1.89 bits per heavy atom. The third-order valence-corrected chi connectivity index (χ3v) is 2.47. The van der Waals surface area contributed by atoms with Gasteiger partial charge in [-0.2, -0.15) is 0 Å². The van der Waals surface area contributed by atoms with Gasteiger partial charge in [-0.1, -0.05) is 48.0 Å². The minimum absolute atomic E-state index is 0.442. The molecule has 0 saturated heterocycles. The number of aryl methyl sites for hydroxylation is 1. The molecule has 2 aromatic carbocycles. The Bertz CT molecular complexity index is 523. The van der Waals surface area contributed by atoms with Gasteiger partial charge in [0.05, 0.1) is 0 Å². The number of carbonyl (C=O) groups excluding carboxylic acids is 1. The van der Waals surface area contributed by atoms with Crippen molar-refractivity contribution in [2.24, 2.45) is 0 Å². The van der Waals surface area contributed by atoms with E-state index in [0.29, 0.717) is 12.3 Å². The number of ether oxygens (including phenoxy) is 1. The van der Waals surface area contributed by atoms with E-state index in [1.165, 1.54) is 5.56 Å². The van der Waals surface area contributed by atoms with Crippen molar-refractivity contribution in [3.63, 3.8) is 0 Å². The summed E-state index contributed by atoms with van der Waals surface area (Å²) >= 11 is 0. The zero-order valence-electron chi connectivity index (χ0n) is 10.2. The van der Waals surface area contributed by atoms with Crippen molar-refractivity contribution in [3.8, 4) is 5.75 Å². The first-order chi connectivity index (χ1) is 8.74. The van der Waals surface area contributed by atoms with Crippen LogP contribution in [0.25, 0.3) is 0 Å². The fraction of sp³-hybridized carbons (Fsp3) is 0.133. The molecule has 0 spiro atoms. The number of nitrogens with one attached hydrogen (secondary N) is 1. The van der Waals surface area contributed by atoms with Crippen LogP contribution in [0.4, 0.5) is 4.79 Å². The van der Waals surface area contributed by atoms with Crippen LogP contribution in [-0.2, 0) is 6.54 Å². The molecule has 2 aromatic rings. The molecule has 0 saturated carbocycles. The van der Waals surface area contributed by atoms with Crippen LogP contribution >= 0.6 is 0 Å². The van der Waals surface area contributed by atoms with Crippen molar-refractivity contribution < 1.29 is 9.53 Å². The van der Waals surface area contributed by atoms with Gasteiger partial charge in [-0.05, 0) is 24.6 Å². The summed E-state index contributed by atoms with van der Waals surface area (Å²) in [7, 11) is 0. The lowest BCUT2D eigenvalue weighted by atomic mass is 10.1. The molecule has 0 heterocycles. The highest BCUT2D eigenvalue weighted by molar-refractivity contribution is 5.70. The van der Waals surface area contributed by atoms with E-state index in [0.717, 1.165) is 5.56 Å². The summed E-state index contributed by atoms with van der Waals surface area (Å²) in [6.07, 6.45) is -0.442. The fourth-order valence-electron chi connectivity index (χ4n) is 1.63. The molecule has 18 heavy (non-hydrogen) atoms. The number of hydrogen-bond acceptors (Lipinski definition) is 2. The molecule has 0 atom stereocenters. The Hall–Kier alpha value is -2.29. The molecule has 1 N–H and O–H groups in total. The Labute approximate surface area is 106 Å². The summed E-state index contributed by atoms with van der Waals surface area (Å²) in [6.45, 7) is 2.49. The van der Waals surface area contributed by atoms with Gasteiger partial charge in [0, 0.05) is 6.54 Å². The van der Waals surface area contributed by atoms with Crippen molar-refractivity contribution in [3.05, 3.63) is 65.7 Å². The molecule has 0 fully saturated rings. The Kier molecular flexibility index (Phi) is 3.97. The lowest BCUT2D eigenvalue weighted by Gasteiger charge is -2.07. The van der Waals surface area contributed by atoms with Gasteiger partial charge in [0.15, 0.2) is 0 Å². The fourth-order valence-corrected chi connectivity index (χ4v) is 1.63. The number of amides is 1. The third kappa shape index (κ3) is 3.63. The molecule has 3 nitrogen and oxygen atoms in total. The quantitative estimate of drug-likeness (QED) is 0.895. The number of para-hydroxylation sites is 1. The zero-order valence-corrected chi connectivity index (χ0v) is 10.2. The smallest absolute Gasteiger partial charge is 0.410 e. The van der Waals surface area contributed by atoms with Crippen molar-refractivity contribution in [2.45, 2.75) is 13.5 Å². The van der Waals surface area contributed by atoms with Crippen molar-refractivity contribution in [1.29, 1.82) is 0 Å². The molecule has 0 aromatic heterocycles. The Morgan fingerprint density at radius 1 is 1.11 bits per heavy atom. The van der Waals surface area contributed by atoms with E-state index in [1.807, 2.05) is 49.4 Å². The van der Waals surface area contributed by atoms with Crippen molar-refractivity contribution >= 4 is 6.09 Å². The second kappa shape index (κ2) is 5.87. The summed E-state index contributed by atoms with van der Waals surface area (Å²) < 4.78 is 5.12. The SMILES string of the molecule is Cc1cccc(CNC(=O)Oc2ccccc2)c1. The van der Waals surface area contributed by atoms with Gasteiger partial charge in [0.1, 0.15) is 5.75 Å². The highest BCUT2D eigenvalue weighted by Crippen LogP contribution is 2.08. The topological polar surface area (TPSA) is 38.3 Å². The van der Waals surface area contributed by atoms with Gasteiger partial charge in [0.25, 0.3) is 0 Å². The average Bonchev–Trinajstić information content (AvgIpc) is 2.38. The third-order valence-electron chi connectivity index (χ3n) is 2.47. The Balaban J connectivity index is 1.85. The molecule has 0 aliphatic rings. The molecule has 0 aliphatic heterocycles. The molecular formula is C15H15NO2. The largest absolute Gasteiger partial charge is 0.412 e. The van der Waals surface area contributed by atoms with Crippen molar-refractivity contribution in [1.82, 2.24) is 5.32 Å². The maximum absolute atomic E-state index is 11.5. The lowest BCUT2D eigenvalue weighted by molar-refractivity contribution is 0.200. The molecule has 0 unspecified atom stereocenters. The lowest BCUT2D eigenvalue weighted by Crippen LogP contribution is -2.26. The van der Waals surface area contributed by atoms with Gasteiger partial charge in [-0.15, -0.1) is 0 Å². The van der Waals surface area contributed by atoms with Gasteiger partial charge in [0.2, 0.25) is 0 Å². The Morgan fingerprint density at radius 3 is 2.61 bits per heavy atom. The normalized spacial score (nSPS) is 9.83. The molecule has 2 rings (SSSR count). The molecule has 0 bridgehead atoms. The van der Waals surface area contributed by atoms with Crippen LogP contribution in [0.1, 0.15) is 11.1 Å². The average molecular weight is 241 g/mol. The van der Waals surface area contributed by atoms with Crippen LogP contribution in [0.5, 0.6) is 5.75 Å². The second-order valence-electron chi connectivity index (χ2n) is 4.05. The summed E-state index contributed by atoms with van der Waals surface area (Å²) in [5.74, 6) is 0.541. The first-order valence-electron chi connectivity index (χ1n) is 5.80. The standard InChI is InChI=1S/C15H15NO2/c1-12-6-5-7-13(10-12)11-16-15(17)18-14-8-3-2-4-9-14/h2-10H,11H2,1H3,(H,16,17). The van der Waals surface area contributed by atoms with Crippen LogP contribution < -0.4 is 10.1 Å².